The van der Waals surface area contributed by atoms with Crippen LogP contribution in [-0.4, -0.2) is 30.9 Å². The number of halogens is 1. The van der Waals surface area contributed by atoms with Gasteiger partial charge in [0.25, 0.3) is 5.91 Å². The first-order valence-electron chi connectivity index (χ1n) is 4.88. The molecule has 0 atom stereocenters. The van der Waals surface area contributed by atoms with E-state index in [9.17, 15) is 4.79 Å². The predicted octanol–water partition coefficient (Wildman–Crippen LogP) is 2.45. The highest BCUT2D eigenvalue weighted by Gasteiger charge is 2.20. The molecule has 1 fully saturated rings. The highest BCUT2D eigenvalue weighted by Crippen LogP contribution is 2.23. The molecule has 1 N–H and O–H groups in total. The molecule has 1 aromatic heterocycles. The minimum atomic E-state index is 0. The number of hydrogen-bond acceptors (Lipinski definition) is 3. The van der Waals surface area contributed by atoms with E-state index in [1.165, 1.54) is 11.3 Å². The minimum absolute atomic E-state index is 0. The summed E-state index contributed by atoms with van der Waals surface area (Å²) in [5.41, 5.74) is 0. The molecule has 15 heavy (non-hydrogen) atoms. The maximum Gasteiger partial charge on any atom is 0.263 e. The fourth-order valence-electron chi connectivity index (χ4n) is 1.66. The number of nitrogens with zero attached hydrogens (tertiary/aromatic N) is 1. The van der Waals surface area contributed by atoms with E-state index >= 15 is 0 Å². The lowest BCUT2D eigenvalue weighted by molar-refractivity contribution is 0.0797. The van der Waals surface area contributed by atoms with Crippen molar-refractivity contribution in [2.45, 2.75) is 12.8 Å². The van der Waals surface area contributed by atoms with Crippen LogP contribution < -0.4 is 5.32 Å². The predicted molar refractivity (Wildman–Crippen MR) is 66.3 cm³/mol. The molecule has 0 bridgehead atoms. The zero-order valence-corrected chi connectivity index (χ0v) is 10.3. The van der Waals surface area contributed by atoms with Crippen LogP contribution in [0.4, 0.5) is 5.00 Å². The van der Waals surface area contributed by atoms with Crippen LogP contribution in [0.15, 0.2) is 12.1 Å². The van der Waals surface area contributed by atoms with Crippen molar-refractivity contribution < 1.29 is 4.79 Å². The van der Waals surface area contributed by atoms with E-state index in [1.54, 1.807) is 0 Å². The average molecular weight is 247 g/mol. The highest BCUT2D eigenvalue weighted by molar-refractivity contribution is 7.17. The number of hydrogen-bond donors (Lipinski definition) is 1. The third kappa shape index (κ3) is 2.63. The van der Waals surface area contributed by atoms with Crippen LogP contribution in [0.5, 0.6) is 0 Å². The van der Waals surface area contributed by atoms with E-state index in [0.717, 1.165) is 35.8 Å². The van der Waals surface area contributed by atoms with Crippen LogP contribution in [0.1, 0.15) is 22.5 Å². The van der Waals surface area contributed by atoms with Gasteiger partial charge in [0, 0.05) is 20.1 Å². The summed E-state index contributed by atoms with van der Waals surface area (Å²) >= 11 is 1.53. The molecule has 5 heteroatoms. The lowest BCUT2D eigenvalue weighted by atomic mass is 10.4. The Bertz CT molecular complexity index is 334. The van der Waals surface area contributed by atoms with Gasteiger partial charge in [-0.1, -0.05) is 0 Å². The number of carbonyl (C=O) groups is 1. The topological polar surface area (TPSA) is 32.3 Å². The Hall–Kier alpha value is -0.740. The average Bonchev–Trinajstić information content (AvgIpc) is 2.88. The SMILES string of the molecule is CNc1ccc(C(=O)N2CCCC2)s1.Cl. The molecular weight excluding hydrogens is 232 g/mol. The van der Waals surface area contributed by atoms with E-state index in [-0.39, 0.29) is 18.3 Å². The van der Waals surface area contributed by atoms with Crippen LogP contribution in [0.3, 0.4) is 0 Å². The molecule has 0 radical (unpaired) electrons. The molecule has 1 aromatic rings. The summed E-state index contributed by atoms with van der Waals surface area (Å²) in [5.74, 6) is 0.189. The summed E-state index contributed by atoms with van der Waals surface area (Å²) in [6, 6.07) is 3.85. The van der Waals surface area contributed by atoms with E-state index in [2.05, 4.69) is 5.32 Å². The Morgan fingerprint density at radius 3 is 2.60 bits per heavy atom. The van der Waals surface area contributed by atoms with Gasteiger partial charge in [0.05, 0.1) is 9.88 Å². The monoisotopic (exact) mass is 246 g/mol. The van der Waals surface area contributed by atoms with Crippen molar-refractivity contribution in [2.24, 2.45) is 0 Å². The molecular formula is C10H15ClN2OS. The lowest BCUT2D eigenvalue weighted by Crippen LogP contribution is -2.26. The van der Waals surface area contributed by atoms with Crippen molar-refractivity contribution in [1.82, 2.24) is 4.90 Å². The van der Waals surface area contributed by atoms with E-state index in [4.69, 9.17) is 0 Å². The molecule has 0 aromatic carbocycles. The van der Waals surface area contributed by atoms with Gasteiger partial charge < -0.3 is 10.2 Å². The molecule has 0 saturated carbocycles. The van der Waals surface area contributed by atoms with Crippen molar-refractivity contribution in [3.8, 4) is 0 Å². The third-order valence-corrected chi connectivity index (χ3v) is 3.55. The summed E-state index contributed by atoms with van der Waals surface area (Å²) in [6.45, 7) is 1.84. The summed E-state index contributed by atoms with van der Waals surface area (Å²) in [6.07, 6.45) is 2.30. The zero-order chi connectivity index (χ0) is 9.97. The number of carbonyl (C=O) groups excluding carboxylic acids is 1. The molecule has 1 amide bonds. The molecule has 1 aliphatic rings. The number of thiophene rings is 1. The fourth-order valence-corrected chi connectivity index (χ4v) is 2.49. The molecule has 2 rings (SSSR count). The fraction of sp³-hybridized carbons (Fsp3) is 0.500. The summed E-state index contributed by atoms with van der Waals surface area (Å²) < 4.78 is 0. The normalized spacial score (nSPS) is 14.9. The highest BCUT2D eigenvalue weighted by atomic mass is 35.5. The van der Waals surface area contributed by atoms with Crippen molar-refractivity contribution in [3.63, 3.8) is 0 Å². The molecule has 2 heterocycles. The first-order chi connectivity index (χ1) is 6.81. The zero-order valence-electron chi connectivity index (χ0n) is 8.66. The Morgan fingerprint density at radius 1 is 1.40 bits per heavy atom. The first kappa shape index (κ1) is 12.3. The van der Waals surface area contributed by atoms with Gasteiger partial charge in [0.2, 0.25) is 0 Å². The second-order valence-electron chi connectivity index (χ2n) is 3.41. The third-order valence-electron chi connectivity index (χ3n) is 2.46. The van der Waals surface area contributed by atoms with E-state index < -0.39 is 0 Å². The number of rotatable bonds is 2. The minimum Gasteiger partial charge on any atom is -0.380 e. The maximum absolute atomic E-state index is 11.9. The Balaban J connectivity index is 0.00000112. The maximum atomic E-state index is 11.9. The van der Waals surface area contributed by atoms with Gasteiger partial charge in [-0.25, -0.2) is 0 Å². The second kappa shape index (κ2) is 5.37. The van der Waals surface area contributed by atoms with Gasteiger partial charge in [-0.3, -0.25) is 4.79 Å². The van der Waals surface area contributed by atoms with Gasteiger partial charge >= 0.3 is 0 Å². The number of amides is 1. The molecule has 0 aliphatic carbocycles. The Kier molecular flexibility index (Phi) is 4.42. The number of likely N-dealkylation sites (tertiary alicyclic amines) is 1. The number of anilines is 1. The van der Waals surface area contributed by atoms with Crippen molar-refractivity contribution in [1.29, 1.82) is 0 Å². The summed E-state index contributed by atoms with van der Waals surface area (Å²) in [4.78, 5) is 14.7. The first-order valence-corrected chi connectivity index (χ1v) is 5.70. The van der Waals surface area contributed by atoms with Crippen molar-refractivity contribution in [3.05, 3.63) is 17.0 Å². The molecule has 0 unspecified atom stereocenters. The van der Waals surface area contributed by atoms with Gasteiger partial charge in [0.15, 0.2) is 0 Å². The quantitative estimate of drug-likeness (QED) is 0.870. The molecule has 1 saturated heterocycles. The Morgan fingerprint density at radius 2 is 2.07 bits per heavy atom. The smallest absolute Gasteiger partial charge is 0.263 e. The molecule has 3 nitrogen and oxygen atoms in total. The van der Waals surface area contributed by atoms with Gasteiger partial charge in [-0.05, 0) is 25.0 Å². The van der Waals surface area contributed by atoms with Crippen molar-refractivity contribution >= 4 is 34.7 Å². The Labute approximate surface area is 99.9 Å². The van der Waals surface area contributed by atoms with Crippen LogP contribution in [0, 0.1) is 0 Å². The van der Waals surface area contributed by atoms with E-state index in [1.807, 2.05) is 24.1 Å². The van der Waals surface area contributed by atoms with Crippen molar-refractivity contribution in [2.75, 3.05) is 25.5 Å². The number of nitrogens with one attached hydrogen (secondary N) is 1. The summed E-state index contributed by atoms with van der Waals surface area (Å²) in [5, 5.41) is 4.09. The molecule has 84 valence electrons. The lowest BCUT2D eigenvalue weighted by Gasteiger charge is -2.13. The van der Waals surface area contributed by atoms with E-state index in [0.29, 0.717) is 0 Å². The van der Waals surface area contributed by atoms with Crippen LogP contribution in [0.2, 0.25) is 0 Å². The largest absolute Gasteiger partial charge is 0.380 e. The molecule has 0 spiro atoms. The van der Waals surface area contributed by atoms with Gasteiger partial charge in [0.1, 0.15) is 0 Å². The second-order valence-corrected chi connectivity index (χ2v) is 4.50. The summed E-state index contributed by atoms with van der Waals surface area (Å²) in [7, 11) is 1.87. The molecule has 1 aliphatic heterocycles. The van der Waals surface area contributed by atoms with Crippen LogP contribution in [-0.2, 0) is 0 Å². The standard InChI is InChI=1S/C10H14N2OS.ClH/c1-11-9-5-4-8(14-9)10(13)12-6-2-3-7-12;/h4-5,11H,2-3,6-7H2,1H3;1H. The van der Waals surface area contributed by atoms with Crippen LogP contribution in [0.25, 0.3) is 0 Å². The van der Waals surface area contributed by atoms with Crippen LogP contribution >= 0.6 is 23.7 Å². The van der Waals surface area contributed by atoms with Gasteiger partial charge in [-0.15, -0.1) is 23.7 Å². The van der Waals surface area contributed by atoms with Gasteiger partial charge in [-0.2, -0.15) is 0 Å².